The van der Waals surface area contributed by atoms with Crippen LogP contribution in [-0.2, 0) is 22.8 Å². The highest BCUT2D eigenvalue weighted by molar-refractivity contribution is 7.86. The molecule has 2 saturated heterocycles. The average Bonchev–Trinajstić information content (AvgIpc) is 4.02. The Labute approximate surface area is 359 Å². The Morgan fingerprint density at radius 2 is 1.81 bits per heavy atom. The summed E-state index contributed by atoms with van der Waals surface area (Å²) in [6, 6.07) is 15.0. The molecule has 2 unspecified atom stereocenters. The minimum Gasteiger partial charge on any atom is -0.484 e. The number of urea groups is 1. The number of aryl methyl sites for hydroxylation is 1. The summed E-state index contributed by atoms with van der Waals surface area (Å²) in [6.45, 7) is 2.92. The van der Waals surface area contributed by atoms with Crippen LogP contribution in [0.15, 0.2) is 89.9 Å². The Morgan fingerprint density at radius 1 is 1.03 bits per heavy atom. The molecule has 0 radical (unpaired) electrons. The third kappa shape index (κ3) is 7.92. The number of nitrogen functional groups attached to an aromatic ring is 1. The molecular formula is C43H39F3N10O6S. The van der Waals surface area contributed by atoms with Gasteiger partial charge in [-0.25, -0.2) is 18.4 Å². The maximum atomic E-state index is 13.6. The van der Waals surface area contributed by atoms with Gasteiger partial charge in [0.05, 0.1) is 34.5 Å². The van der Waals surface area contributed by atoms with Gasteiger partial charge in [0.2, 0.25) is 5.91 Å². The minimum atomic E-state index is -3.16. The highest BCUT2D eigenvalue weighted by Crippen LogP contribution is 2.41. The SMILES string of the molecule is CC(Oc1cc(-c2nn(C)c3c(-c4cnn(C5CCN(C(=O)c6ccc7c(N8CCC(=O)NC8=O)coc7c6)CC5)c4)cnc(N)c23)ccc1NS(=O)C(F)F)c1ccc(F)cc1. The zero-order valence-electron chi connectivity index (χ0n) is 33.8. The molecule has 0 saturated carbocycles. The topological polar surface area (TPSA) is 196 Å². The number of nitrogens with two attached hydrogens (primary N) is 1. The van der Waals surface area contributed by atoms with Crippen LogP contribution in [0.1, 0.15) is 54.3 Å². The van der Waals surface area contributed by atoms with Crippen LogP contribution >= 0.6 is 0 Å². The fourth-order valence-corrected chi connectivity index (χ4v) is 8.56. The van der Waals surface area contributed by atoms with Crippen molar-refractivity contribution in [3.05, 3.63) is 102 Å². The molecule has 2 fully saturated rings. The molecule has 63 heavy (non-hydrogen) atoms. The molecule has 0 aliphatic carbocycles. The van der Waals surface area contributed by atoms with Crippen molar-refractivity contribution in [1.82, 2.24) is 34.8 Å². The van der Waals surface area contributed by atoms with Gasteiger partial charge in [0, 0.05) is 73.1 Å². The molecule has 0 bridgehead atoms. The van der Waals surface area contributed by atoms with Gasteiger partial charge in [-0.2, -0.15) is 19.0 Å². The number of halogens is 3. The number of hydrogen-bond acceptors (Lipinski definition) is 10. The van der Waals surface area contributed by atoms with E-state index in [0.717, 1.165) is 5.56 Å². The van der Waals surface area contributed by atoms with Crippen LogP contribution in [0.3, 0.4) is 0 Å². The number of fused-ring (bicyclic) bond motifs is 2. The Morgan fingerprint density at radius 3 is 2.56 bits per heavy atom. The van der Waals surface area contributed by atoms with Gasteiger partial charge in [-0.3, -0.25) is 33.9 Å². The third-order valence-corrected chi connectivity index (χ3v) is 12.1. The number of rotatable bonds is 11. The number of imide groups is 1. The number of ether oxygens (including phenoxy) is 1. The molecule has 20 heteroatoms. The van der Waals surface area contributed by atoms with E-state index < -0.39 is 34.7 Å². The van der Waals surface area contributed by atoms with Crippen LogP contribution in [0.25, 0.3) is 44.3 Å². The number of nitrogens with one attached hydrogen (secondary N) is 2. The summed E-state index contributed by atoms with van der Waals surface area (Å²) < 4.78 is 70.3. The number of carbonyl (C=O) groups is 3. The van der Waals surface area contributed by atoms with Gasteiger partial charge in [-0.15, -0.1) is 0 Å². The van der Waals surface area contributed by atoms with E-state index in [4.69, 9.17) is 25.1 Å². The number of benzene rings is 3. The maximum Gasteiger partial charge on any atom is 0.330 e. The average molecular weight is 881 g/mol. The lowest BCUT2D eigenvalue weighted by molar-refractivity contribution is -0.120. The first-order valence-electron chi connectivity index (χ1n) is 19.9. The van der Waals surface area contributed by atoms with E-state index in [-0.39, 0.29) is 48.1 Å². The quantitative estimate of drug-likeness (QED) is 0.118. The Bertz CT molecular complexity index is 2940. The van der Waals surface area contributed by atoms with Gasteiger partial charge >= 0.3 is 11.8 Å². The number of amides is 4. The number of carbonyl (C=O) groups excluding carboxylic acids is 3. The van der Waals surface area contributed by atoms with Crippen LogP contribution in [-0.4, -0.2) is 76.9 Å². The summed E-state index contributed by atoms with van der Waals surface area (Å²) in [6.07, 6.45) is 7.59. The highest BCUT2D eigenvalue weighted by Gasteiger charge is 2.30. The number of pyridine rings is 1. The van der Waals surface area contributed by atoms with Crippen LogP contribution in [0.4, 0.5) is 35.2 Å². The van der Waals surface area contributed by atoms with Gasteiger partial charge in [-0.05, 0) is 67.8 Å². The van der Waals surface area contributed by atoms with Gasteiger partial charge in [0.1, 0.15) is 41.0 Å². The van der Waals surface area contributed by atoms with Gasteiger partial charge in [0.25, 0.3) is 5.91 Å². The van der Waals surface area contributed by atoms with E-state index >= 15 is 0 Å². The fourth-order valence-electron chi connectivity index (χ4n) is 8.09. The van der Waals surface area contributed by atoms with Gasteiger partial charge in [-0.1, -0.05) is 18.2 Å². The summed E-state index contributed by atoms with van der Waals surface area (Å²) in [7, 11) is -0.955. The highest BCUT2D eigenvalue weighted by atomic mass is 32.2. The van der Waals surface area contributed by atoms with Crippen molar-refractivity contribution in [2.24, 2.45) is 7.05 Å². The van der Waals surface area contributed by atoms with Crippen molar-refractivity contribution in [2.45, 2.75) is 44.1 Å². The summed E-state index contributed by atoms with van der Waals surface area (Å²) in [5.74, 6) is -3.76. The predicted molar refractivity (Wildman–Crippen MR) is 229 cm³/mol. The van der Waals surface area contributed by atoms with Gasteiger partial charge in [0.15, 0.2) is 11.0 Å². The van der Waals surface area contributed by atoms with Crippen LogP contribution in [0.2, 0.25) is 0 Å². The summed E-state index contributed by atoms with van der Waals surface area (Å²) >= 11 is 0. The van der Waals surface area contributed by atoms with Crippen molar-refractivity contribution in [1.29, 1.82) is 0 Å². The van der Waals surface area contributed by atoms with Crippen molar-refractivity contribution >= 4 is 67.9 Å². The Hall–Kier alpha value is -7.22. The van der Waals surface area contributed by atoms with Crippen LogP contribution < -0.4 is 25.4 Å². The van der Waals surface area contributed by atoms with Crippen molar-refractivity contribution in [3.63, 3.8) is 0 Å². The van der Waals surface area contributed by atoms with Crippen molar-refractivity contribution in [2.75, 3.05) is 35.0 Å². The molecule has 2 aliphatic heterocycles. The number of piperidine rings is 1. The second-order valence-electron chi connectivity index (χ2n) is 15.3. The number of furan rings is 1. The van der Waals surface area contributed by atoms with Crippen LogP contribution in [0, 0.1) is 5.82 Å². The summed E-state index contributed by atoms with van der Waals surface area (Å²) in [5.41, 5.74) is 11.7. The minimum absolute atomic E-state index is 0.00191. The van der Waals surface area contributed by atoms with E-state index in [1.54, 1.807) is 78.4 Å². The zero-order valence-corrected chi connectivity index (χ0v) is 34.6. The first-order chi connectivity index (χ1) is 30.3. The molecule has 3 aromatic carbocycles. The smallest absolute Gasteiger partial charge is 0.330 e. The number of hydrogen-bond donors (Lipinski definition) is 3. The molecule has 324 valence electrons. The van der Waals surface area contributed by atoms with Crippen LogP contribution in [0.5, 0.6) is 5.75 Å². The van der Waals surface area contributed by atoms with E-state index in [1.165, 1.54) is 29.4 Å². The molecule has 7 aromatic rings. The van der Waals surface area contributed by atoms with Gasteiger partial charge < -0.3 is 19.8 Å². The standard InChI is InChI=1S/C43H39F3N10O6S/c1-23(24-3-7-28(44)8-4-24)62-35-17-25(6-10-32(35)52-63(60)42(45)46)38-37-39(53(2)51-38)31(20-48-40(37)47)27-19-49-56(21-27)29-11-14-54(15-12-29)41(58)26-5-9-30-33(22-61-34(30)18-26)55-16-13-36(57)50-43(55)59/h3-10,17-23,29,42,52H,11-16H2,1-2H3,(H2,47,48)(H,50,57,59). The number of anilines is 3. The largest absolute Gasteiger partial charge is 0.484 e. The molecule has 4 amide bonds. The first kappa shape index (κ1) is 41.1. The predicted octanol–water partition coefficient (Wildman–Crippen LogP) is 7.33. The molecule has 4 aromatic heterocycles. The normalized spacial score (nSPS) is 15.9. The Kier molecular flexibility index (Phi) is 10.8. The Balaban J connectivity index is 0.929. The lowest BCUT2D eigenvalue weighted by atomic mass is 10.0. The molecular weight excluding hydrogens is 842 g/mol. The lowest BCUT2D eigenvalue weighted by Gasteiger charge is -2.32. The lowest BCUT2D eigenvalue weighted by Crippen LogP contribution is -2.49. The van der Waals surface area contributed by atoms with Crippen molar-refractivity contribution < 1.29 is 40.9 Å². The van der Waals surface area contributed by atoms with E-state index in [1.807, 2.05) is 10.9 Å². The number of alkyl halides is 2. The number of likely N-dealkylation sites (tertiary alicyclic amines) is 1. The van der Waals surface area contributed by atoms with E-state index in [9.17, 15) is 31.8 Å². The van der Waals surface area contributed by atoms with E-state index in [0.29, 0.717) is 81.4 Å². The number of aromatic nitrogens is 5. The fraction of sp³-hybridized carbons (Fsp3) is 0.256. The second kappa shape index (κ2) is 16.6. The summed E-state index contributed by atoms with van der Waals surface area (Å²) in [5, 5.41) is 13.0. The van der Waals surface area contributed by atoms with Crippen molar-refractivity contribution in [3.8, 4) is 28.1 Å². The molecule has 0 spiro atoms. The molecule has 6 heterocycles. The monoisotopic (exact) mass is 880 g/mol. The zero-order chi connectivity index (χ0) is 44.1. The van der Waals surface area contributed by atoms with E-state index in [2.05, 4.69) is 15.0 Å². The second-order valence-corrected chi connectivity index (χ2v) is 16.4. The molecule has 2 atom stereocenters. The molecule has 2 aliphatic rings. The number of nitrogens with zero attached hydrogens (tertiary/aromatic N) is 7. The molecule has 16 nitrogen and oxygen atoms in total. The molecule has 9 rings (SSSR count). The first-order valence-corrected chi connectivity index (χ1v) is 21.1. The maximum absolute atomic E-state index is 13.6. The summed E-state index contributed by atoms with van der Waals surface area (Å²) in [4.78, 5) is 45.4. The molecule has 4 N–H and O–H groups in total. The third-order valence-electron chi connectivity index (χ3n) is 11.3.